The molecule has 2 heterocycles. The van der Waals surface area contributed by atoms with Crippen LogP contribution in [0.1, 0.15) is 32.2 Å². The predicted octanol–water partition coefficient (Wildman–Crippen LogP) is 2.57. The third-order valence-electron chi connectivity index (χ3n) is 2.35. The van der Waals surface area contributed by atoms with Crippen LogP contribution in [0, 0.1) is 3.90 Å². The minimum Gasteiger partial charge on any atom is -0.444 e. The van der Waals surface area contributed by atoms with Crippen molar-refractivity contribution in [2.75, 3.05) is 6.54 Å². The van der Waals surface area contributed by atoms with Crippen molar-refractivity contribution in [1.82, 2.24) is 9.88 Å². The Hall–Kier alpha value is -0.790. The molecule has 0 saturated heterocycles. The molecule has 2 rings (SSSR count). The highest BCUT2D eigenvalue weighted by molar-refractivity contribution is 14.1. The summed E-state index contributed by atoms with van der Waals surface area (Å²) in [5.74, 6) is 0.884. The molecule has 0 bridgehead atoms. The van der Waals surface area contributed by atoms with Crippen molar-refractivity contribution < 1.29 is 13.9 Å². The van der Waals surface area contributed by atoms with E-state index in [1.54, 1.807) is 4.90 Å². The Balaban J connectivity index is 2.05. The van der Waals surface area contributed by atoms with E-state index in [1.807, 2.05) is 43.4 Å². The average Bonchev–Trinajstić information content (AvgIpc) is 2.53. The SMILES string of the molecule is CC(C)(C)OC(=O)N1CCc2oc(I)nc2C1. The number of oxazole rings is 1. The van der Waals surface area contributed by atoms with Gasteiger partial charge in [-0.05, 0) is 20.8 Å². The predicted molar refractivity (Wildman–Crippen MR) is 69.6 cm³/mol. The van der Waals surface area contributed by atoms with Gasteiger partial charge in [0.15, 0.2) is 0 Å². The number of carbonyl (C=O) groups is 1. The third-order valence-corrected chi connectivity index (χ3v) is 2.81. The van der Waals surface area contributed by atoms with Crippen molar-refractivity contribution in [3.05, 3.63) is 15.4 Å². The molecule has 0 radical (unpaired) electrons. The molecule has 94 valence electrons. The van der Waals surface area contributed by atoms with Gasteiger partial charge in [-0.2, -0.15) is 0 Å². The molecule has 0 N–H and O–H groups in total. The Bertz CT molecular complexity index is 436. The number of ether oxygens (including phenoxy) is 1. The van der Waals surface area contributed by atoms with E-state index in [0.717, 1.165) is 11.5 Å². The van der Waals surface area contributed by atoms with Crippen molar-refractivity contribution in [3.8, 4) is 0 Å². The van der Waals surface area contributed by atoms with Crippen LogP contribution in [0.5, 0.6) is 0 Å². The van der Waals surface area contributed by atoms with E-state index in [0.29, 0.717) is 23.4 Å². The highest BCUT2D eigenvalue weighted by atomic mass is 127. The van der Waals surface area contributed by atoms with Crippen LogP contribution in [-0.4, -0.2) is 28.1 Å². The summed E-state index contributed by atoms with van der Waals surface area (Å²) in [6, 6.07) is 0. The van der Waals surface area contributed by atoms with Gasteiger partial charge in [0.1, 0.15) is 17.1 Å². The summed E-state index contributed by atoms with van der Waals surface area (Å²) in [5, 5.41) is 0. The molecule has 0 atom stereocenters. The second kappa shape index (κ2) is 4.47. The standard InChI is InChI=1S/C11H15IN2O3/c1-11(2,3)17-10(15)14-5-4-8-7(6-14)13-9(12)16-8/h4-6H2,1-3H3. The minimum absolute atomic E-state index is 0.291. The van der Waals surface area contributed by atoms with Gasteiger partial charge >= 0.3 is 6.09 Å². The number of carbonyl (C=O) groups excluding carboxylic acids is 1. The van der Waals surface area contributed by atoms with Gasteiger partial charge in [0.2, 0.25) is 0 Å². The molecule has 17 heavy (non-hydrogen) atoms. The quantitative estimate of drug-likeness (QED) is 0.675. The number of aromatic nitrogens is 1. The van der Waals surface area contributed by atoms with Crippen LogP contribution in [-0.2, 0) is 17.7 Å². The first-order chi connectivity index (χ1) is 7.85. The van der Waals surface area contributed by atoms with Gasteiger partial charge in [0.05, 0.1) is 6.54 Å². The van der Waals surface area contributed by atoms with Gasteiger partial charge in [0, 0.05) is 35.6 Å². The van der Waals surface area contributed by atoms with Crippen LogP contribution >= 0.6 is 22.6 Å². The number of amides is 1. The zero-order valence-electron chi connectivity index (χ0n) is 10.1. The van der Waals surface area contributed by atoms with E-state index in [1.165, 1.54) is 0 Å². The molecule has 5 nitrogen and oxygen atoms in total. The molecule has 0 aromatic carbocycles. The van der Waals surface area contributed by atoms with Crippen LogP contribution in [0.15, 0.2) is 4.42 Å². The number of nitrogens with zero attached hydrogens (tertiary/aromatic N) is 2. The summed E-state index contributed by atoms with van der Waals surface area (Å²) in [6.45, 7) is 6.67. The number of halogens is 1. The molecule has 0 unspecified atom stereocenters. The van der Waals surface area contributed by atoms with Crippen molar-refractivity contribution in [2.24, 2.45) is 0 Å². The molecule has 1 aromatic heterocycles. The molecule has 1 aromatic rings. The van der Waals surface area contributed by atoms with Crippen LogP contribution in [0.4, 0.5) is 4.79 Å². The first-order valence-electron chi connectivity index (χ1n) is 5.47. The van der Waals surface area contributed by atoms with Crippen LogP contribution in [0.25, 0.3) is 0 Å². The number of hydrogen-bond acceptors (Lipinski definition) is 4. The van der Waals surface area contributed by atoms with E-state index in [9.17, 15) is 4.79 Å². The monoisotopic (exact) mass is 350 g/mol. The Labute approximate surface area is 114 Å². The third kappa shape index (κ3) is 3.11. The fourth-order valence-electron chi connectivity index (χ4n) is 1.65. The summed E-state index contributed by atoms with van der Waals surface area (Å²) in [5.41, 5.74) is 0.377. The molecule has 1 amide bonds. The number of rotatable bonds is 0. The van der Waals surface area contributed by atoms with E-state index >= 15 is 0 Å². The Morgan fingerprint density at radius 2 is 2.24 bits per heavy atom. The zero-order chi connectivity index (χ0) is 12.6. The summed E-state index contributed by atoms with van der Waals surface area (Å²) in [4.78, 5) is 17.8. The van der Waals surface area contributed by atoms with Gasteiger partial charge < -0.3 is 14.1 Å². The van der Waals surface area contributed by atoms with Gasteiger partial charge in [0.25, 0.3) is 3.90 Å². The minimum atomic E-state index is -0.463. The lowest BCUT2D eigenvalue weighted by molar-refractivity contribution is 0.0217. The lowest BCUT2D eigenvalue weighted by Crippen LogP contribution is -2.39. The summed E-state index contributed by atoms with van der Waals surface area (Å²) in [6.07, 6.45) is 0.408. The topological polar surface area (TPSA) is 55.6 Å². The second-order valence-corrected chi connectivity index (χ2v) is 5.91. The lowest BCUT2D eigenvalue weighted by atomic mass is 10.2. The van der Waals surface area contributed by atoms with Crippen LogP contribution in [0.3, 0.4) is 0 Å². The molecule has 1 aliphatic rings. The van der Waals surface area contributed by atoms with E-state index in [4.69, 9.17) is 9.15 Å². The summed E-state index contributed by atoms with van der Waals surface area (Å²) in [7, 11) is 0. The molecule has 0 saturated carbocycles. The van der Waals surface area contributed by atoms with Crippen molar-refractivity contribution >= 4 is 28.7 Å². The Morgan fingerprint density at radius 3 is 2.88 bits per heavy atom. The number of fused-ring (bicyclic) bond motifs is 1. The second-order valence-electron chi connectivity index (χ2n) is 4.99. The average molecular weight is 350 g/mol. The maximum atomic E-state index is 11.9. The molecule has 0 aliphatic carbocycles. The molecule has 0 fully saturated rings. The molecule has 6 heteroatoms. The fourth-order valence-corrected chi connectivity index (χ4v) is 2.21. The normalized spacial score (nSPS) is 15.6. The van der Waals surface area contributed by atoms with Crippen molar-refractivity contribution in [1.29, 1.82) is 0 Å². The van der Waals surface area contributed by atoms with Gasteiger partial charge in [-0.25, -0.2) is 9.78 Å². The Morgan fingerprint density at radius 1 is 1.53 bits per heavy atom. The van der Waals surface area contributed by atoms with Gasteiger partial charge in [-0.15, -0.1) is 0 Å². The smallest absolute Gasteiger partial charge is 0.410 e. The summed E-state index contributed by atoms with van der Waals surface area (Å²) >= 11 is 2.03. The van der Waals surface area contributed by atoms with Gasteiger partial charge in [-0.3, -0.25) is 0 Å². The van der Waals surface area contributed by atoms with Crippen LogP contribution < -0.4 is 0 Å². The maximum Gasteiger partial charge on any atom is 0.410 e. The molecule has 0 spiro atoms. The molecular formula is C11H15IN2O3. The largest absolute Gasteiger partial charge is 0.444 e. The van der Waals surface area contributed by atoms with E-state index in [-0.39, 0.29) is 6.09 Å². The molecule has 1 aliphatic heterocycles. The highest BCUT2D eigenvalue weighted by Crippen LogP contribution is 2.22. The highest BCUT2D eigenvalue weighted by Gasteiger charge is 2.28. The van der Waals surface area contributed by atoms with E-state index in [2.05, 4.69) is 4.98 Å². The molecular weight excluding hydrogens is 335 g/mol. The zero-order valence-corrected chi connectivity index (χ0v) is 12.3. The maximum absolute atomic E-state index is 11.9. The summed E-state index contributed by atoms with van der Waals surface area (Å²) < 4.78 is 11.4. The van der Waals surface area contributed by atoms with Crippen LogP contribution in [0.2, 0.25) is 0 Å². The first-order valence-corrected chi connectivity index (χ1v) is 6.55. The van der Waals surface area contributed by atoms with Crippen molar-refractivity contribution in [3.63, 3.8) is 0 Å². The van der Waals surface area contributed by atoms with E-state index < -0.39 is 5.60 Å². The lowest BCUT2D eigenvalue weighted by Gasteiger charge is -2.28. The fraction of sp³-hybridized carbons (Fsp3) is 0.636. The van der Waals surface area contributed by atoms with Gasteiger partial charge in [-0.1, -0.05) is 0 Å². The first kappa shape index (κ1) is 12.7. The number of hydrogen-bond donors (Lipinski definition) is 0. The van der Waals surface area contributed by atoms with Crippen molar-refractivity contribution in [2.45, 2.75) is 39.3 Å². The Kier molecular flexibility index (Phi) is 3.33.